The van der Waals surface area contributed by atoms with Gasteiger partial charge in [0.05, 0.1) is 6.54 Å². The van der Waals surface area contributed by atoms with Crippen LogP contribution >= 0.6 is 0 Å². The molecular formula is C15H32N2O2. The van der Waals surface area contributed by atoms with E-state index < -0.39 is 0 Å². The highest BCUT2D eigenvalue weighted by atomic mass is 16.3. The molecule has 0 heterocycles. The summed E-state index contributed by atoms with van der Waals surface area (Å²) in [6.07, 6.45) is 13.0. The van der Waals surface area contributed by atoms with Crippen LogP contribution in [-0.2, 0) is 4.79 Å². The SMILES string of the molecule is CCCCCCCCCCCC(N)=O.CCCN=O. The first-order valence-corrected chi connectivity index (χ1v) is 7.76. The van der Waals surface area contributed by atoms with Crippen molar-refractivity contribution < 1.29 is 4.79 Å². The van der Waals surface area contributed by atoms with E-state index in [0.717, 1.165) is 19.3 Å². The predicted molar refractivity (Wildman–Crippen MR) is 82.0 cm³/mol. The Labute approximate surface area is 118 Å². The van der Waals surface area contributed by atoms with Gasteiger partial charge < -0.3 is 5.73 Å². The van der Waals surface area contributed by atoms with Crippen LogP contribution in [0.5, 0.6) is 0 Å². The lowest BCUT2D eigenvalue weighted by Gasteiger charge is -2.00. The molecule has 1 amide bonds. The van der Waals surface area contributed by atoms with Crippen LogP contribution in [0.1, 0.15) is 84.5 Å². The Morgan fingerprint density at radius 1 is 0.842 bits per heavy atom. The van der Waals surface area contributed by atoms with Gasteiger partial charge in [-0.3, -0.25) is 4.79 Å². The third-order valence-electron chi connectivity index (χ3n) is 2.84. The summed E-state index contributed by atoms with van der Waals surface area (Å²) < 4.78 is 0. The van der Waals surface area contributed by atoms with Crippen LogP contribution in [0.3, 0.4) is 0 Å². The number of hydrogen-bond donors (Lipinski definition) is 1. The second-order valence-electron chi connectivity index (χ2n) is 4.90. The number of nitroso groups, excluding NO2 is 1. The van der Waals surface area contributed by atoms with Crippen molar-refractivity contribution in [2.75, 3.05) is 6.54 Å². The molecule has 0 saturated carbocycles. The van der Waals surface area contributed by atoms with E-state index >= 15 is 0 Å². The summed E-state index contributed by atoms with van der Waals surface area (Å²) in [4.78, 5) is 19.6. The van der Waals surface area contributed by atoms with Crippen molar-refractivity contribution in [1.82, 2.24) is 0 Å². The molecule has 0 spiro atoms. The Hall–Kier alpha value is -0.930. The fraction of sp³-hybridized carbons (Fsp3) is 0.933. The van der Waals surface area contributed by atoms with Crippen molar-refractivity contribution in [2.24, 2.45) is 10.9 Å². The summed E-state index contributed by atoms with van der Waals surface area (Å²) in [5.41, 5.74) is 5.05. The summed E-state index contributed by atoms with van der Waals surface area (Å²) in [7, 11) is 0. The molecule has 0 aliphatic carbocycles. The van der Waals surface area contributed by atoms with Crippen molar-refractivity contribution in [3.63, 3.8) is 0 Å². The Morgan fingerprint density at radius 2 is 1.32 bits per heavy atom. The minimum Gasteiger partial charge on any atom is -0.370 e. The summed E-state index contributed by atoms with van der Waals surface area (Å²) in [6, 6.07) is 0. The van der Waals surface area contributed by atoms with Gasteiger partial charge in [0.1, 0.15) is 0 Å². The minimum absolute atomic E-state index is 0.159. The van der Waals surface area contributed by atoms with Gasteiger partial charge in [0.25, 0.3) is 0 Å². The standard InChI is InChI=1S/C12H25NO.C3H7NO/c1-2-3-4-5-6-7-8-9-10-11-12(13)14;1-2-3-4-5/h2-11H2,1H3,(H2,13,14);2-3H2,1H3. The summed E-state index contributed by atoms with van der Waals surface area (Å²) in [5.74, 6) is -0.159. The molecule has 2 N–H and O–H groups in total. The third-order valence-corrected chi connectivity index (χ3v) is 2.84. The number of primary amides is 1. The largest absolute Gasteiger partial charge is 0.370 e. The third kappa shape index (κ3) is 26.6. The molecule has 0 fully saturated rings. The van der Waals surface area contributed by atoms with Crippen molar-refractivity contribution in [3.8, 4) is 0 Å². The Bertz CT molecular complexity index is 197. The Kier molecular flexibility index (Phi) is 20.8. The van der Waals surface area contributed by atoms with Crippen LogP contribution in [0.2, 0.25) is 0 Å². The molecule has 0 aromatic carbocycles. The first kappa shape index (κ1) is 20.4. The molecule has 4 heteroatoms. The molecule has 0 rings (SSSR count). The maximum atomic E-state index is 10.4. The average Bonchev–Trinajstić information content (AvgIpc) is 2.38. The van der Waals surface area contributed by atoms with Gasteiger partial charge in [-0.05, 0) is 12.8 Å². The van der Waals surface area contributed by atoms with E-state index in [1.165, 1.54) is 44.9 Å². The molecule has 0 aliphatic heterocycles. The quantitative estimate of drug-likeness (QED) is 0.418. The van der Waals surface area contributed by atoms with E-state index in [1.54, 1.807) is 0 Å². The molecule has 19 heavy (non-hydrogen) atoms. The van der Waals surface area contributed by atoms with E-state index in [2.05, 4.69) is 12.1 Å². The van der Waals surface area contributed by atoms with Crippen LogP contribution in [0.4, 0.5) is 0 Å². The fourth-order valence-corrected chi connectivity index (χ4v) is 1.70. The summed E-state index contributed by atoms with van der Waals surface area (Å²) in [6.45, 7) is 4.62. The number of nitrogens with zero attached hydrogens (tertiary/aromatic N) is 1. The van der Waals surface area contributed by atoms with E-state index in [4.69, 9.17) is 10.6 Å². The second kappa shape index (κ2) is 19.4. The van der Waals surface area contributed by atoms with Gasteiger partial charge in [0, 0.05) is 6.42 Å². The summed E-state index contributed by atoms with van der Waals surface area (Å²) in [5, 5.41) is 2.60. The molecule has 4 nitrogen and oxygen atoms in total. The molecular weight excluding hydrogens is 240 g/mol. The molecule has 0 aromatic rings. The zero-order valence-corrected chi connectivity index (χ0v) is 12.8. The van der Waals surface area contributed by atoms with E-state index in [1.807, 2.05) is 6.92 Å². The first-order chi connectivity index (χ1) is 9.18. The normalized spacial score (nSPS) is 9.58. The Balaban J connectivity index is 0. The van der Waals surface area contributed by atoms with E-state index in [9.17, 15) is 4.79 Å². The fourth-order valence-electron chi connectivity index (χ4n) is 1.70. The van der Waals surface area contributed by atoms with Gasteiger partial charge in [0.15, 0.2) is 0 Å². The lowest BCUT2D eigenvalue weighted by molar-refractivity contribution is -0.118. The van der Waals surface area contributed by atoms with Gasteiger partial charge in [-0.1, -0.05) is 70.4 Å². The maximum Gasteiger partial charge on any atom is 0.217 e. The van der Waals surface area contributed by atoms with Gasteiger partial charge in [-0.2, -0.15) is 4.91 Å². The second-order valence-corrected chi connectivity index (χ2v) is 4.90. The lowest BCUT2D eigenvalue weighted by atomic mass is 10.1. The number of rotatable bonds is 12. The topological polar surface area (TPSA) is 72.5 Å². The first-order valence-electron chi connectivity index (χ1n) is 7.76. The lowest BCUT2D eigenvalue weighted by Crippen LogP contribution is -2.09. The van der Waals surface area contributed by atoms with Crippen LogP contribution in [-0.4, -0.2) is 12.5 Å². The van der Waals surface area contributed by atoms with Crippen LogP contribution in [0.15, 0.2) is 5.18 Å². The molecule has 0 aliphatic rings. The number of carbonyl (C=O) groups is 1. The number of nitrogens with two attached hydrogens (primary N) is 1. The molecule has 0 radical (unpaired) electrons. The van der Waals surface area contributed by atoms with Crippen LogP contribution < -0.4 is 5.73 Å². The molecule has 0 saturated heterocycles. The van der Waals surface area contributed by atoms with E-state index in [-0.39, 0.29) is 5.91 Å². The van der Waals surface area contributed by atoms with Crippen molar-refractivity contribution in [2.45, 2.75) is 84.5 Å². The van der Waals surface area contributed by atoms with Crippen molar-refractivity contribution in [3.05, 3.63) is 4.91 Å². The van der Waals surface area contributed by atoms with Gasteiger partial charge in [-0.25, -0.2) is 0 Å². The number of carbonyl (C=O) groups excluding carboxylic acids is 1. The molecule has 0 atom stereocenters. The smallest absolute Gasteiger partial charge is 0.217 e. The van der Waals surface area contributed by atoms with Crippen molar-refractivity contribution in [1.29, 1.82) is 0 Å². The predicted octanol–water partition coefficient (Wildman–Crippen LogP) is 4.56. The summed E-state index contributed by atoms with van der Waals surface area (Å²) >= 11 is 0. The highest BCUT2D eigenvalue weighted by Gasteiger charge is 1.94. The minimum atomic E-state index is -0.159. The monoisotopic (exact) mass is 272 g/mol. The Morgan fingerprint density at radius 3 is 1.63 bits per heavy atom. The molecule has 0 aromatic heterocycles. The molecule has 0 unspecified atom stereocenters. The van der Waals surface area contributed by atoms with E-state index in [0.29, 0.717) is 13.0 Å². The highest BCUT2D eigenvalue weighted by molar-refractivity contribution is 5.73. The van der Waals surface area contributed by atoms with Gasteiger partial charge in [0.2, 0.25) is 5.91 Å². The maximum absolute atomic E-state index is 10.4. The highest BCUT2D eigenvalue weighted by Crippen LogP contribution is 2.10. The van der Waals surface area contributed by atoms with Crippen LogP contribution in [0, 0.1) is 4.91 Å². The van der Waals surface area contributed by atoms with Crippen LogP contribution in [0.25, 0.3) is 0 Å². The number of unbranched alkanes of at least 4 members (excludes halogenated alkanes) is 8. The zero-order valence-electron chi connectivity index (χ0n) is 12.8. The number of amides is 1. The zero-order chi connectivity index (χ0) is 14.8. The molecule has 114 valence electrons. The van der Waals surface area contributed by atoms with Crippen molar-refractivity contribution >= 4 is 5.91 Å². The number of hydrogen-bond acceptors (Lipinski definition) is 3. The average molecular weight is 272 g/mol. The molecule has 0 bridgehead atoms. The van der Waals surface area contributed by atoms with Gasteiger partial charge >= 0.3 is 0 Å². The van der Waals surface area contributed by atoms with Gasteiger partial charge in [-0.15, -0.1) is 0 Å².